The lowest BCUT2D eigenvalue weighted by molar-refractivity contribution is 0.144. The first-order valence-electron chi connectivity index (χ1n) is 7.37. The van der Waals surface area contributed by atoms with Crippen molar-refractivity contribution in [3.8, 4) is 11.1 Å². The number of benzene rings is 2. The van der Waals surface area contributed by atoms with Crippen molar-refractivity contribution in [2.45, 2.75) is 5.92 Å². The molecule has 1 N–H and O–H groups in total. The van der Waals surface area contributed by atoms with E-state index in [-0.39, 0.29) is 12.5 Å². The largest absolute Gasteiger partial charge is 0.448 e. The number of aromatic amines is 1. The topological polar surface area (TPSA) is 64.1 Å². The first-order valence-corrected chi connectivity index (χ1v) is 7.37. The number of hydrogen-bond donors (Lipinski definition) is 1. The fraction of sp³-hybridized carbons (Fsp3) is 0.111. The standard InChI is InChI=1S/C18H14N2O3/c21-17-19-9-10-20(17)18(22)23-11-16-14-7-3-1-5-12(14)13-6-2-4-8-15(13)16/h1-10,16H,11H2,(H,19,21). The van der Waals surface area contributed by atoms with Crippen molar-refractivity contribution in [3.63, 3.8) is 0 Å². The molecule has 5 heteroatoms. The number of imidazole rings is 1. The van der Waals surface area contributed by atoms with Crippen LogP contribution in [0, 0.1) is 0 Å². The van der Waals surface area contributed by atoms with Crippen LogP contribution in [0.4, 0.5) is 4.79 Å². The third kappa shape index (κ3) is 2.17. The van der Waals surface area contributed by atoms with Crippen LogP contribution in [-0.2, 0) is 4.74 Å². The first-order chi connectivity index (χ1) is 11.3. The molecule has 1 aliphatic carbocycles. The van der Waals surface area contributed by atoms with Gasteiger partial charge in [0, 0.05) is 18.3 Å². The fourth-order valence-corrected chi connectivity index (χ4v) is 3.13. The van der Waals surface area contributed by atoms with Gasteiger partial charge in [0.2, 0.25) is 0 Å². The summed E-state index contributed by atoms with van der Waals surface area (Å²) in [5.41, 5.74) is 4.12. The van der Waals surface area contributed by atoms with Crippen LogP contribution in [0.5, 0.6) is 0 Å². The number of aromatic nitrogens is 2. The van der Waals surface area contributed by atoms with Crippen LogP contribution in [0.25, 0.3) is 11.1 Å². The van der Waals surface area contributed by atoms with Gasteiger partial charge >= 0.3 is 11.8 Å². The SMILES string of the molecule is O=C(OCC1c2ccccc2-c2ccccc21)n1cc[nH]c1=O. The number of fused-ring (bicyclic) bond motifs is 3. The highest BCUT2D eigenvalue weighted by Gasteiger charge is 2.29. The number of nitrogens with one attached hydrogen (secondary N) is 1. The molecule has 0 spiro atoms. The third-order valence-electron chi connectivity index (χ3n) is 4.18. The molecule has 0 saturated carbocycles. The normalized spacial score (nSPS) is 12.7. The van der Waals surface area contributed by atoms with E-state index in [2.05, 4.69) is 29.2 Å². The number of rotatable bonds is 2. The van der Waals surface area contributed by atoms with Gasteiger partial charge < -0.3 is 9.72 Å². The van der Waals surface area contributed by atoms with E-state index in [4.69, 9.17) is 4.74 Å². The number of hydrogen-bond acceptors (Lipinski definition) is 3. The summed E-state index contributed by atoms with van der Waals surface area (Å²) in [5.74, 6) is -0.0130. The van der Waals surface area contributed by atoms with Gasteiger partial charge in [0.15, 0.2) is 0 Å². The Morgan fingerprint density at radius 3 is 2.22 bits per heavy atom. The predicted octanol–water partition coefficient (Wildman–Crippen LogP) is 2.97. The maximum Gasteiger partial charge on any atom is 0.422 e. The Morgan fingerprint density at radius 2 is 1.65 bits per heavy atom. The molecule has 0 fully saturated rings. The van der Waals surface area contributed by atoms with E-state index in [0.29, 0.717) is 0 Å². The Balaban J connectivity index is 1.63. The van der Waals surface area contributed by atoms with E-state index < -0.39 is 11.8 Å². The fourth-order valence-electron chi connectivity index (χ4n) is 3.13. The summed E-state index contributed by atoms with van der Waals surface area (Å²) in [6, 6.07) is 16.2. The van der Waals surface area contributed by atoms with Crippen molar-refractivity contribution >= 4 is 6.09 Å². The van der Waals surface area contributed by atoms with E-state index in [1.54, 1.807) is 0 Å². The lowest BCUT2D eigenvalue weighted by Gasteiger charge is -2.13. The second-order valence-corrected chi connectivity index (χ2v) is 5.44. The van der Waals surface area contributed by atoms with Crippen LogP contribution in [0.1, 0.15) is 17.0 Å². The van der Waals surface area contributed by atoms with Gasteiger partial charge in [-0.05, 0) is 22.3 Å². The molecule has 114 valence electrons. The molecule has 1 aromatic heterocycles. The molecule has 0 saturated heterocycles. The van der Waals surface area contributed by atoms with Crippen LogP contribution in [0.2, 0.25) is 0 Å². The number of carbonyl (C=O) groups is 1. The lowest BCUT2D eigenvalue weighted by atomic mass is 9.98. The summed E-state index contributed by atoms with van der Waals surface area (Å²) in [4.78, 5) is 25.9. The highest BCUT2D eigenvalue weighted by Crippen LogP contribution is 2.44. The Bertz CT molecular complexity index is 893. The molecular formula is C18H14N2O3. The second kappa shape index (κ2) is 5.28. The molecule has 0 unspecified atom stereocenters. The summed E-state index contributed by atoms with van der Waals surface area (Å²) >= 11 is 0. The molecule has 5 nitrogen and oxygen atoms in total. The van der Waals surface area contributed by atoms with E-state index in [1.165, 1.54) is 23.5 Å². The smallest absolute Gasteiger partial charge is 0.422 e. The van der Waals surface area contributed by atoms with E-state index >= 15 is 0 Å². The summed E-state index contributed by atoms with van der Waals surface area (Å²) in [5, 5.41) is 0. The van der Waals surface area contributed by atoms with Crippen molar-refractivity contribution in [2.24, 2.45) is 0 Å². The zero-order valence-electron chi connectivity index (χ0n) is 12.2. The van der Waals surface area contributed by atoms with Gasteiger partial charge in [-0.1, -0.05) is 48.5 Å². The van der Waals surface area contributed by atoms with Gasteiger partial charge in [-0.15, -0.1) is 0 Å². The predicted molar refractivity (Wildman–Crippen MR) is 85.5 cm³/mol. The maximum atomic E-state index is 12.0. The molecule has 0 aliphatic heterocycles. The summed E-state index contributed by atoms with van der Waals surface area (Å²) in [6.07, 6.45) is 2.10. The molecule has 1 aliphatic rings. The molecule has 1 heterocycles. The third-order valence-corrected chi connectivity index (χ3v) is 4.18. The first kappa shape index (κ1) is 13.6. The van der Waals surface area contributed by atoms with Crippen LogP contribution in [-0.4, -0.2) is 22.3 Å². The zero-order chi connectivity index (χ0) is 15.8. The van der Waals surface area contributed by atoms with Crippen LogP contribution >= 0.6 is 0 Å². The Hall–Kier alpha value is -3.08. The average molecular weight is 306 g/mol. The van der Waals surface area contributed by atoms with Crippen molar-refractivity contribution in [2.75, 3.05) is 6.61 Å². The molecule has 23 heavy (non-hydrogen) atoms. The van der Waals surface area contributed by atoms with Crippen LogP contribution < -0.4 is 5.69 Å². The van der Waals surface area contributed by atoms with Gasteiger partial charge in [0.25, 0.3) is 0 Å². The summed E-state index contributed by atoms with van der Waals surface area (Å²) in [7, 11) is 0. The summed E-state index contributed by atoms with van der Waals surface area (Å²) in [6.45, 7) is 0.199. The van der Waals surface area contributed by atoms with Crippen molar-refractivity contribution in [1.82, 2.24) is 9.55 Å². The Kier molecular flexibility index (Phi) is 3.12. The molecule has 0 amide bonds. The molecule has 0 bridgehead atoms. The van der Waals surface area contributed by atoms with Crippen molar-refractivity contribution in [1.29, 1.82) is 0 Å². The highest BCUT2D eigenvalue weighted by atomic mass is 16.5. The number of carbonyl (C=O) groups excluding carboxylic acids is 1. The van der Waals surface area contributed by atoms with Gasteiger partial charge in [0.05, 0.1) is 0 Å². The lowest BCUT2D eigenvalue weighted by Crippen LogP contribution is -2.26. The second-order valence-electron chi connectivity index (χ2n) is 5.44. The van der Waals surface area contributed by atoms with E-state index in [0.717, 1.165) is 15.7 Å². The summed E-state index contributed by atoms with van der Waals surface area (Å²) < 4.78 is 6.29. The van der Waals surface area contributed by atoms with E-state index in [1.807, 2.05) is 24.3 Å². The molecule has 0 radical (unpaired) electrons. The Labute approximate surface area is 132 Å². The number of nitrogens with zero attached hydrogens (tertiary/aromatic N) is 1. The molecular weight excluding hydrogens is 292 g/mol. The van der Waals surface area contributed by atoms with Gasteiger partial charge in [-0.25, -0.2) is 14.2 Å². The molecule has 3 aromatic rings. The quantitative estimate of drug-likeness (QED) is 0.791. The minimum Gasteiger partial charge on any atom is -0.448 e. The number of H-pyrrole nitrogens is 1. The molecule has 2 aromatic carbocycles. The Morgan fingerprint density at radius 1 is 1.04 bits per heavy atom. The van der Waals surface area contributed by atoms with E-state index in [9.17, 15) is 9.59 Å². The van der Waals surface area contributed by atoms with Crippen molar-refractivity contribution < 1.29 is 9.53 Å². The molecule has 0 atom stereocenters. The molecule has 4 rings (SSSR count). The minimum absolute atomic E-state index is 0.0130. The van der Waals surface area contributed by atoms with Gasteiger partial charge in [-0.3, -0.25) is 0 Å². The minimum atomic E-state index is -0.668. The average Bonchev–Trinajstić information content (AvgIpc) is 3.14. The van der Waals surface area contributed by atoms with Crippen molar-refractivity contribution in [3.05, 3.63) is 82.5 Å². The van der Waals surface area contributed by atoms with Crippen LogP contribution in [0.15, 0.2) is 65.7 Å². The van der Waals surface area contributed by atoms with Gasteiger partial charge in [0.1, 0.15) is 6.61 Å². The monoisotopic (exact) mass is 306 g/mol. The zero-order valence-corrected chi connectivity index (χ0v) is 12.2. The van der Waals surface area contributed by atoms with Gasteiger partial charge in [-0.2, -0.15) is 0 Å². The van der Waals surface area contributed by atoms with Crippen LogP contribution in [0.3, 0.4) is 0 Å². The highest BCUT2D eigenvalue weighted by molar-refractivity contribution is 5.79. The maximum absolute atomic E-state index is 12.0. The number of ether oxygens (including phenoxy) is 1.